The number of ether oxygens (including phenoxy) is 3. The van der Waals surface area contributed by atoms with Crippen molar-refractivity contribution in [2.75, 3.05) is 43.6 Å². The van der Waals surface area contributed by atoms with Gasteiger partial charge >= 0.3 is 0 Å². The molecule has 0 spiro atoms. The van der Waals surface area contributed by atoms with Gasteiger partial charge in [-0.2, -0.15) is 5.26 Å². The number of hydrogen-bond donors (Lipinski definition) is 1. The summed E-state index contributed by atoms with van der Waals surface area (Å²) in [6, 6.07) is 16.6. The van der Waals surface area contributed by atoms with Gasteiger partial charge in [-0.3, -0.25) is 10.1 Å². The summed E-state index contributed by atoms with van der Waals surface area (Å²) in [6.07, 6.45) is 3.73. The summed E-state index contributed by atoms with van der Waals surface area (Å²) < 4.78 is 16.8. The van der Waals surface area contributed by atoms with Crippen LogP contribution in [0, 0.1) is 11.3 Å². The van der Waals surface area contributed by atoms with Crippen LogP contribution in [0.3, 0.4) is 0 Å². The molecule has 180 valence electrons. The Balaban J connectivity index is 1.36. The smallest absolute Gasteiger partial charge is 0.268 e. The largest absolute Gasteiger partial charge is 0.493 e. The van der Waals surface area contributed by atoms with Crippen LogP contribution in [0.2, 0.25) is 0 Å². The molecule has 2 heterocycles. The number of aromatic nitrogens is 2. The molecule has 1 aliphatic heterocycles. The van der Waals surface area contributed by atoms with Crippen LogP contribution in [0.25, 0.3) is 6.08 Å². The standard InChI is InChI=1S/C25H25N5O4S/c1-32-22-16-18(9-10-21(22)34-14-13-33-20-7-3-2-4-8-20)15-19(17-26)23(31)27-24-28-29-25(35-24)30-11-5-6-12-30/h2-4,7-10,15-16H,5-6,11-14H2,1H3,(H,27,28,31)/b19-15-. The van der Waals surface area contributed by atoms with E-state index in [0.717, 1.165) is 36.8 Å². The molecule has 0 atom stereocenters. The number of carbonyl (C=O) groups is 1. The number of nitrogens with one attached hydrogen (secondary N) is 1. The number of anilines is 2. The lowest BCUT2D eigenvalue weighted by Crippen LogP contribution is -2.17. The van der Waals surface area contributed by atoms with Gasteiger partial charge < -0.3 is 19.1 Å². The Morgan fingerprint density at radius 2 is 1.89 bits per heavy atom. The van der Waals surface area contributed by atoms with Gasteiger partial charge in [0.25, 0.3) is 5.91 Å². The van der Waals surface area contributed by atoms with Crippen molar-refractivity contribution in [3.05, 3.63) is 59.7 Å². The maximum absolute atomic E-state index is 12.6. The van der Waals surface area contributed by atoms with E-state index in [-0.39, 0.29) is 5.57 Å². The van der Waals surface area contributed by atoms with Crippen molar-refractivity contribution in [3.8, 4) is 23.3 Å². The number of para-hydroxylation sites is 1. The first-order valence-corrected chi connectivity index (χ1v) is 12.0. The van der Waals surface area contributed by atoms with E-state index in [4.69, 9.17) is 14.2 Å². The predicted octanol–water partition coefficient (Wildman–Crippen LogP) is 4.15. The molecule has 0 radical (unpaired) electrons. The normalized spacial score (nSPS) is 13.3. The van der Waals surface area contributed by atoms with Crippen LogP contribution in [-0.2, 0) is 4.79 Å². The molecule has 0 aliphatic carbocycles. The molecule has 1 aromatic heterocycles. The fourth-order valence-corrected chi connectivity index (χ4v) is 4.29. The molecule has 9 nitrogen and oxygen atoms in total. The van der Waals surface area contributed by atoms with Gasteiger partial charge in [-0.15, -0.1) is 10.2 Å². The van der Waals surface area contributed by atoms with Crippen molar-refractivity contribution in [1.82, 2.24) is 10.2 Å². The highest BCUT2D eigenvalue weighted by molar-refractivity contribution is 7.19. The van der Waals surface area contributed by atoms with E-state index < -0.39 is 5.91 Å². The first kappa shape index (κ1) is 24.0. The third-order valence-corrected chi connectivity index (χ3v) is 6.13. The molecule has 1 saturated heterocycles. The van der Waals surface area contributed by atoms with Gasteiger partial charge in [0, 0.05) is 13.1 Å². The molecule has 0 unspecified atom stereocenters. The van der Waals surface area contributed by atoms with E-state index in [1.807, 2.05) is 36.4 Å². The first-order chi connectivity index (χ1) is 17.2. The fourth-order valence-electron chi connectivity index (χ4n) is 3.50. The SMILES string of the molecule is COc1cc(/C=C(/C#N)C(=O)Nc2nnc(N3CCCC3)s2)ccc1OCCOc1ccccc1. The van der Waals surface area contributed by atoms with Crippen molar-refractivity contribution < 1.29 is 19.0 Å². The number of nitrogens with zero attached hydrogens (tertiary/aromatic N) is 4. The monoisotopic (exact) mass is 491 g/mol. The minimum atomic E-state index is -0.547. The molecule has 35 heavy (non-hydrogen) atoms. The van der Waals surface area contributed by atoms with Crippen LogP contribution in [0.15, 0.2) is 54.1 Å². The van der Waals surface area contributed by atoms with Crippen molar-refractivity contribution in [1.29, 1.82) is 5.26 Å². The Labute approximate surface area is 207 Å². The molecule has 1 fully saturated rings. The second-order valence-corrected chi connectivity index (χ2v) is 8.58. The molecule has 1 N–H and O–H groups in total. The third-order valence-electron chi connectivity index (χ3n) is 5.23. The van der Waals surface area contributed by atoms with Gasteiger partial charge in [-0.25, -0.2) is 0 Å². The summed E-state index contributed by atoms with van der Waals surface area (Å²) in [6.45, 7) is 2.58. The number of hydrogen-bond acceptors (Lipinski definition) is 9. The van der Waals surface area contributed by atoms with Crippen LogP contribution in [0.5, 0.6) is 17.2 Å². The van der Waals surface area contributed by atoms with Crippen LogP contribution in [0.4, 0.5) is 10.3 Å². The van der Waals surface area contributed by atoms with E-state index in [9.17, 15) is 10.1 Å². The molecule has 0 saturated carbocycles. The van der Waals surface area contributed by atoms with E-state index in [2.05, 4.69) is 20.4 Å². The van der Waals surface area contributed by atoms with E-state index in [1.54, 1.807) is 18.2 Å². The molecule has 1 amide bonds. The summed E-state index contributed by atoms with van der Waals surface area (Å²) in [7, 11) is 1.53. The Morgan fingerprint density at radius 3 is 2.63 bits per heavy atom. The summed E-state index contributed by atoms with van der Waals surface area (Å²) in [5.74, 6) is 1.24. The third kappa shape index (κ3) is 6.49. The summed E-state index contributed by atoms with van der Waals surface area (Å²) >= 11 is 1.30. The maximum atomic E-state index is 12.6. The van der Waals surface area contributed by atoms with Crippen molar-refractivity contribution >= 4 is 33.6 Å². The second kappa shape index (κ2) is 11.9. The zero-order valence-corrected chi connectivity index (χ0v) is 20.1. The summed E-state index contributed by atoms with van der Waals surface area (Å²) in [5, 5.41) is 21.5. The molecule has 3 aromatic rings. The first-order valence-electron chi connectivity index (χ1n) is 11.2. The minimum Gasteiger partial charge on any atom is -0.493 e. The van der Waals surface area contributed by atoms with Crippen LogP contribution < -0.4 is 24.4 Å². The zero-order chi connectivity index (χ0) is 24.5. The highest BCUT2D eigenvalue weighted by atomic mass is 32.1. The highest BCUT2D eigenvalue weighted by Gasteiger charge is 2.18. The molecular formula is C25H25N5O4S. The van der Waals surface area contributed by atoms with Crippen LogP contribution >= 0.6 is 11.3 Å². The molecule has 1 aliphatic rings. The van der Waals surface area contributed by atoms with Gasteiger partial charge in [0.15, 0.2) is 11.5 Å². The quantitative estimate of drug-likeness (QED) is 0.256. The number of carbonyl (C=O) groups excluding carboxylic acids is 1. The van der Waals surface area contributed by atoms with Gasteiger partial charge in [0.2, 0.25) is 10.3 Å². The lowest BCUT2D eigenvalue weighted by atomic mass is 10.1. The molecule has 4 rings (SSSR count). The Bertz CT molecular complexity index is 1220. The van der Waals surface area contributed by atoms with Crippen molar-refractivity contribution in [2.24, 2.45) is 0 Å². The summed E-state index contributed by atoms with van der Waals surface area (Å²) in [5.41, 5.74) is 0.561. The average Bonchev–Trinajstić information content (AvgIpc) is 3.58. The summed E-state index contributed by atoms with van der Waals surface area (Å²) in [4.78, 5) is 14.8. The van der Waals surface area contributed by atoms with Crippen molar-refractivity contribution in [2.45, 2.75) is 12.8 Å². The average molecular weight is 492 g/mol. The molecule has 2 aromatic carbocycles. The highest BCUT2D eigenvalue weighted by Crippen LogP contribution is 2.30. The molecular weight excluding hydrogens is 466 g/mol. The lowest BCUT2D eigenvalue weighted by Gasteiger charge is -2.12. The topological polar surface area (TPSA) is 110 Å². The number of nitriles is 1. The minimum absolute atomic E-state index is 0.0603. The maximum Gasteiger partial charge on any atom is 0.268 e. The number of rotatable bonds is 10. The van der Waals surface area contributed by atoms with Crippen LogP contribution in [-0.4, -0.2) is 49.5 Å². The lowest BCUT2D eigenvalue weighted by molar-refractivity contribution is -0.112. The van der Waals surface area contributed by atoms with Gasteiger partial charge in [0.1, 0.15) is 30.6 Å². The second-order valence-electron chi connectivity index (χ2n) is 7.63. The van der Waals surface area contributed by atoms with E-state index >= 15 is 0 Å². The van der Waals surface area contributed by atoms with Crippen molar-refractivity contribution in [3.63, 3.8) is 0 Å². The predicted molar refractivity (Wildman–Crippen MR) is 134 cm³/mol. The van der Waals surface area contributed by atoms with E-state index in [0.29, 0.717) is 35.4 Å². The fraction of sp³-hybridized carbons (Fsp3) is 0.280. The molecule has 10 heteroatoms. The number of methoxy groups -OCH3 is 1. The number of benzene rings is 2. The Morgan fingerprint density at radius 1 is 1.11 bits per heavy atom. The van der Waals surface area contributed by atoms with E-state index in [1.165, 1.54) is 24.5 Å². The van der Waals surface area contributed by atoms with Gasteiger partial charge in [-0.05, 0) is 48.7 Å². The Hall–Kier alpha value is -4.10. The molecule has 0 bridgehead atoms. The van der Waals surface area contributed by atoms with Crippen LogP contribution in [0.1, 0.15) is 18.4 Å². The number of amides is 1. The van der Waals surface area contributed by atoms with Gasteiger partial charge in [-0.1, -0.05) is 35.6 Å². The zero-order valence-electron chi connectivity index (χ0n) is 19.3. The van der Waals surface area contributed by atoms with Gasteiger partial charge in [0.05, 0.1) is 7.11 Å². The Kier molecular flexibility index (Phi) is 8.14.